The molecule has 0 aromatic carbocycles. The topological polar surface area (TPSA) is 36.3 Å². The van der Waals surface area contributed by atoms with E-state index in [0.29, 0.717) is 5.15 Å². The summed E-state index contributed by atoms with van der Waals surface area (Å²) >= 11 is 5.94. The third-order valence-corrected chi connectivity index (χ3v) is 3.86. The van der Waals surface area contributed by atoms with Crippen molar-refractivity contribution in [2.24, 2.45) is 7.05 Å². The molecule has 2 heterocycles. The van der Waals surface area contributed by atoms with E-state index in [1.165, 1.54) is 26.2 Å². The molecule has 0 spiro atoms. The van der Waals surface area contributed by atoms with E-state index in [2.05, 4.69) is 27.1 Å². The molecule has 0 saturated carbocycles. The number of hydrogen-bond acceptors (Lipinski definition) is 4. The standard InChI is InChI=1S/C12H22ClN5/c1-16-5-7-18(8-6-16)4-3-14-10-12-15-9-11(13)17(12)2/h9,14H,3-8,10H2,1-2H3. The summed E-state index contributed by atoms with van der Waals surface area (Å²) in [6.07, 6.45) is 1.69. The molecular formula is C12H22ClN5. The minimum absolute atomic E-state index is 0.686. The first-order chi connectivity index (χ1) is 8.66. The fraction of sp³-hybridized carbons (Fsp3) is 0.750. The van der Waals surface area contributed by atoms with Gasteiger partial charge in [-0.15, -0.1) is 0 Å². The molecule has 1 aromatic heterocycles. The fourth-order valence-corrected chi connectivity index (χ4v) is 2.24. The van der Waals surface area contributed by atoms with Crippen LogP contribution >= 0.6 is 11.6 Å². The molecule has 0 unspecified atom stereocenters. The molecule has 1 saturated heterocycles. The van der Waals surface area contributed by atoms with Gasteiger partial charge in [0.15, 0.2) is 0 Å². The van der Waals surface area contributed by atoms with E-state index in [4.69, 9.17) is 11.6 Å². The van der Waals surface area contributed by atoms with Gasteiger partial charge in [-0.2, -0.15) is 0 Å². The first-order valence-corrected chi connectivity index (χ1v) is 6.82. The van der Waals surface area contributed by atoms with Crippen LogP contribution in [0.1, 0.15) is 5.82 Å². The van der Waals surface area contributed by atoms with Crippen LogP contribution in [0.4, 0.5) is 0 Å². The Kier molecular flexibility index (Phi) is 5.00. The monoisotopic (exact) mass is 271 g/mol. The Labute approximate surface area is 114 Å². The van der Waals surface area contributed by atoms with Crippen molar-refractivity contribution >= 4 is 11.6 Å². The molecule has 0 atom stereocenters. The van der Waals surface area contributed by atoms with Gasteiger partial charge in [-0.1, -0.05) is 11.6 Å². The third kappa shape index (κ3) is 3.68. The smallest absolute Gasteiger partial charge is 0.128 e. The maximum absolute atomic E-state index is 5.94. The normalized spacial score (nSPS) is 18.4. The molecule has 1 aliphatic heterocycles. The lowest BCUT2D eigenvalue weighted by Gasteiger charge is -2.32. The molecule has 6 heteroatoms. The van der Waals surface area contributed by atoms with Gasteiger partial charge in [0.2, 0.25) is 0 Å². The third-order valence-electron chi connectivity index (χ3n) is 3.51. The Morgan fingerprint density at radius 1 is 1.28 bits per heavy atom. The van der Waals surface area contributed by atoms with Crippen LogP contribution in [0.5, 0.6) is 0 Å². The molecule has 0 radical (unpaired) electrons. The largest absolute Gasteiger partial charge is 0.321 e. The molecule has 1 fully saturated rings. The number of nitrogens with one attached hydrogen (secondary N) is 1. The Bertz CT molecular complexity index is 371. The van der Waals surface area contributed by atoms with Crippen LogP contribution in [-0.4, -0.2) is 65.7 Å². The number of imidazole rings is 1. The maximum Gasteiger partial charge on any atom is 0.128 e. The van der Waals surface area contributed by atoms with Crippen LogP contribution < -0.4 is 5.32 Å². The van der Waals surface area contributed by atoms with Crippen molar-refractivity contribution in [3.63, 3.8) is 0 Å². The molecule has 0 bridgehead atoms. The summed E-state index contributed by atoms with van der Waals surface area (Å²) < 4.78 is 1.91. The van der Waals surface area contributed by atoms with Gasteiger partial charge in [0.1, 0.15) is 11.0 Å². The van der Waals surface area contributed by atoms with Crippen LogP contribution in [0.2, 0.25) is 5.15 Å². The predicted molar refractivity (Wildman–Crippen MR) is 73.9 cm³/mol. The zero-order valence-corrected chi connectivity index (χ0v) is 11.9. The summed E-state index contributed by atoms with van der Waals surface area (Å²) in [5.74, 6) is 0.985. The molecule has 1 aromatic rings. The van der Waals surface area contributed by atoms with Gasteiger partial charge >= 0.3 is 0 Å². The Balaban J connectivity index is 1.63. The molecule has 2 rings (SSSR count). The highest BCUT2D eigenvalue weighted by Gasteiger charge is 2.12. The summed E-state index contributed by atoms with van der Waals surface area (Å²) in [7, 11) is 4.12. The number of aromatic nitrogens is 2. The summed E-state index contributed by atoms with van der Waals surface area (Å²) in [4.78, 5) is 9.13. The van der Waals surface area contributed by atoms with Crippen molar-refractivity contribution in [2.45, 2.75) is 6.54 Å². The van der Waals surface area contributed by atoms with Crippen molar-refractivity contribution in [2.75, 3.05) is 46.3 Å². The van der Waals surface area contributed by atoms with Crippen molar-refractivity contribution in [1.82, 2.24) is 24.7 Å². The van der Waals surface area contributed by atoms with Gasteiger partial charge in [0.25, 0.3) is 0 Å². The van der Waals surface area contributed by atoms with Crippen LogP contribution in [0.25, 0.3) is 0 Å². The lowest BCUT2D eigenvalue weighted by atomic mass is 10.3. The van der Waals surface area contributed by atoms with Crippen LogP contribution in [0.3, 0.4) is 0 Å². The molecule has 1 N–H and O–H groups in total. The van der Waals surface area contributed by atoms with Gasteiger partial charge in [0, 0.05) is 46.3 Å². The fourth-order valence-electron chi connectivity index (χ4n) is 2.10. The second kappa shape index (κ2) is 6.52. The minimum Gasteiger partial charge on any atom is -0.321 e. The highest BCUT2D eigenvalue weighted by molar-refractivity contribution is 6.29. The zero-order valence-electron chi connectivity index (χ0n) is 11.2. The van der Waals surface area contributed by atoms with Crippen molar-refractivity contribution in [1.29, 1.82) is 0 Å². The van der Waals surface area contributed by atoms with Gasteiger partial charge in [-0.25, -0.2) is 4.98 Å². The lowest BCUT2D eigenvalue weighted by Crippen LogP contribution is -2.46. The Morgan fingerprint density at radius 2 is 2.00 bits per heavy atom. The number of nitrogens with zero attached hydrogens (tertiary/aromatic N) is 4. The van der Waals surface area contributed by atoms with Gasteiger partial charge in [-0.05, 0) is 7.05 Å². The Morgan fingerprint density at radius 3 is 2.61 bits per heavy atom. The second-order valence-electron chi connectivity index (χ2n) is 4.88. The molecule has 18 heavy (non-hydrogen) atoms. The van der Waals surface area contributed by atoms with E-state index in [-0.39, 0.29) is 0 Å². The molecule has 0 aliphatic carbocycles. The molecule has 5 nitrogen and oxygen atoms in total. The Hall–Kier alpha value is -0.620. The molecular weight excluding hydrogens is 250 g/mol. The first-order valence-electron chi connectivity index (χ1n) is 6.44. The van der Waals surface area contributed by atoms with Gasteiger partial charge in [0.05, 0.1) is 12.7 Å². The van der Waals surface area contributed by atoms with Crippen molar-refractivity contribution < 1.29 is 0 Å². The highest BCUT2D eigenvalue weighted by Crippen LogP contribution is 2.08. The SMILES string of the molecule is CN1CCN(CCNCc2ncc(Cl)n2C)CC1. The second-order valence-corrected chi connectivity index (χ2v) is 5.27. The number of piperazine rings is 1. The quantitative estimate of drug-likeness (QED) is 0.787. The zero-order chi connectivity index (χ0) is 13.0. The molecule has 0 amide bonds. The lowest BCUT2D eigenvalue weighted by molar-refractivity contribution is 0.154. The molecule has 102 valence electrons. The van der Waals surface area contributed by atoms with E-state index in [0.717, 1.165) is 25.5 Å². The van der Waals surface area contributed by atoms with Crippen molar-refractivity contribution in [3.05, 3.63) is 17.2 Å². The van der Waals surface area contributed by atoms with Crippen molar-refractivity contribution in [3.8, 4) is 0 Å². The number of rotatable bonds is 5. The molecule has 1 aliphatic rings. The average Bonchev–Trinajstić information content (AvgIpc) is 2.68. The van der Waals surface area contributed by atoms with Crippen LogP contribution in [-0.2, 0) is 13.6 Å². The summed E-state index contributed by atoms with van der Waals surface area (Å²) in [5, 5.41) is 4.10. The van der Waals surface area contributed by atoms with Crippen LogP contribution in [0.15, 0.2) is 6.20 Å². The predicted octanol–water partition coefficient (Wildman–Crippen LogP) is 0.411. The number of halogens is 1. The average molecular weight is 272 g/mol. The van der Waals surface area contributed by atoms with E-state index in [9.17, 15) is 0 Å². The number of likely N-dealkylation sites (N-methyl/N-ethyl adjacent to an activating group) is 1. The van der Waals surface area contributed by atoms with E-state index in [1.807, 2.05) is 11.6 Å². The maximum atomic E-state index is 5.94. The van der Waals surface area contributed by atoms with Gasteiger partial charge < -0.3 is 14.8 Å². The van der Waals surface area contributed by atoms with Gasteiger partial charge in [-0.3, -0.25) is 4.90 Å². The van der Waals surface area contributed by atoms with E-state index < -0.39 is 0 Å². The summed E-state index contributed by atoms with van der Waals surface area (Å²) in [5.41, 5.74) is 0. The van der Waals surface area contributed by atoms with Crippen LogP contribution in [0, 0.1) is 0 Å². The summed E-state index contributed by atoms with van der Waals surface area (Å²) in [6, 6.07) is 0. The first kappa shape index (κ1) is 13.8. The summed E-state index contributed by atoms with van der Waals surface area (Å²) in [6.45, 7) is 7.57. The van der Waals surface area contributed by atoms with E-state index in [1.54, 1.807) is 6.20 Å². The van der Waals surface area contributed by atoms with E-state index >= 15 is 0 Å². The number of hydrogen-bond donors (Lipinski definition) is 1. The highest BCUT2D eigenvalue weighted by atomic mass is 35.5. The minimum atomic E-state index is 0.686.